The van der Waals surface area contributed by atoms with Crippen molar-refractivity contribution in [2.45, 2.75) is 59.0 Å². The van der Waals surface area contributed by atoms with Crippen LogP contribution in [0.25, 0.3) is 0 Å². The number of hydrogen-bond donors (Lipinski definition) is 1. The van der Waals surface area contributed by atoms with Gasteiger partial charge in [-0.05, 0) is 25.2 Å². The highest BCUT2D eigenvalue weighted by Crippen LogP contribution is 2.24. The maximum atomic E-state index is 6.23. The summed E-state index contributed by atoms with van der Waals surface area (Å²) >= 11 is 0. The number of rotatable bonds is 6. The van der Waals surface area contributed by atoms with E-state index in [1.807, 2.05) is 12.5 Å². The predicted molar refractivity (Wildman–Crippen MR) is 68.2 cm³/mol. The largest absolute Gasteiger partial charge is 0.330 e. The first-order valence-corrected chi connectivity index (χ1v) is 6.37. The zero-order valence-electron chi connectivity index (χ0n) is 11.0. The third-order valence-corrected chi connectivity index (χ3v) is 3.14. The molecule has 0 aromatic carbocycles. The molecule has 0 fully saturated rings. The van der Waals surface area contributed by atoms with Gasteiger partial charge in [0, 0.05) is 18.3 Å². The first kappa shape index (κ1) is 13.2. The smallest absolute Gasteiger partial charge is 0.0951 e. The van der Waals surface area contributed by atoms with Gasteiger partial charge in [0.05, 0.1) is 12.0 Å². The molecule has 1 aromatic rings. The number of aromatic nitrogens is 2. The van der Waals surface area contributed by atoms with Crippen LogP contribution in [0.2, 0.25) is 0 Å². The summed E-state index contributed by atoms with van der Waals surface area (Å²) in [6, 6.07) is 0.652. The SMILES string of the molecule is CCC(CC)n1cncc1C(N)CC(C)C. The van der Waals surface area contributed by atoms with Gasteiger partial charge in [-0.3, -0.25) is 0 Å². The van der Waals surface area contributed by atoms with Crippen molar-refractivity contribution < 1.29 is 0 Å². The Morgan fingerprint density at radius 3 is 2.44 bits per heavy atom. The summed E-state index contributed by atoms with van der Waals surface area (Å²) in [6.45, 7) is 8.84. The van der Waals surface area contributed by atoms with Crippen molar-refractivity contribution in [2.24, 2.45) is 11.7 Å². The van der Waals surface area contributed by atoms with Crippen molar-refractivity contribution in [3.63, 3.8) is 0 Å². The van der Waals surface area contributed by atoms with Crippen LogP contribution >= 0.6 is 0 Å². The van der Waals surface area contributed by atoms with Crippen LogP contribution in [0, 0.1) is 5.92 Å². The van der Waals surface area contributed by atoms with E-state index in [0.717, 1.165) is 19.3 Å². The summed E-state index contributed by atoms with van der Waals surface area (Å²) < 4.78 is 2.26. The molecule has 92 valence electrons. The molecule has 0 saturated carbocycles. The Balaban J connectivity index is 2.84. The molecule has 2 N–H and O–H groups in total. The summed E-state index contributed by atoms with van der Waals surface area (Å²) in [6.07, 6.45) is 7.13. The van der Waals surface area contributed by atoms with E-state index in [2.05, 4.69) is 37.2 Å². The van der Waals surface area contributed by atoms with Gasteiger partial charge in [0.1, 0.15) is 0 Å². The zero-order chi connectivity index (χ0) is 12.1. The average Bonchev–Trinajstić information content (AvgIpc) is 2.67. The van der Waals surface area contributed by atoms with Crippen LogP contribution < -0.4 is 5.73 Å². The third kappa shape index (κ3) is 3.08. The number of nitrogens with two attached hydrogens (primary N) is 1. The van der Waals surface area contributed by atoms with Crippen LogP contribution in [-0.4, -0.2) is 9.55 Å². The van der Waals surface area contributed by atoms with Crippen LogP contribution in [-0.2, 0) is 0 Å². The second-order valence-corrected chi connectivity index (χ2v) is 4.93. The third-order valence-electron chi connectivity index (χ3n) is 3.14. The molecule has 3 heteroatoms. The molecule has 1 atom stereocenters. The van der Waals surface area contributed by atoms with Crippen molar-refractivity contribution in [1.82, 2.24) is 9.55 Å². The molecule has 3 nitrogen and oxygen atoms in total. The van der Waals surface area contributed by atoms with E-state index in [1.165, 1.54) is 5.69 Å². The summed E-state index contributed by atoms with van der Waals surface area (Å²) in [7, 11) is 0. The molecule has 0 bridgehead atoms. The molecule has 0 aliphatic carbocycles. The highest BCUT2D eigenvalue weighted by molar-refractivity contribution is 5.06. The van der Waals surface area contributed by atoms with Crippen molar-refractivity contribution in [3.05, 3.63) is 18.2 Å². The molecule has 1 aromatic heterocycles. The molecular weight excluding hydrogens is 198 g/mol. The molecule has 0 aliphatic heterocycles. The van der Waals surface area contributed by atoms with Gasteiger partial charge in [0.25, 0.3) is 0 Å². The maximum absolute atomic E-state index is 6.23. The van der Waals surface area contributed by atoms with Gasteiger partial charge in [0.15, 0.2) is 0 Å². The van der Waals surface area contributed by atoms with Gasteiger partial charge >= 0.3 is 0 Å². The Labute approximate surface area is 99.1 Å². The number of nitrogens with zero attached hydrogens (tertiary/aromatic N) is 2. The lowest BCUT2D eigenvalue weighted by molar-refractivity contribution is 0.423. The Bertz CT molecular complexity index is 300. The van der Waals surface area contributed by atoms with Crippen molar-refractivity contribution >= 4 is 0 Å². The maximum Gasteiger partial charge on any atom is 0.0951 e. The Morgan fingerprint density at radius 1 is 1.31 bits per heavy atom. The normalized spacial score (nSPS) is 13.7. The summed E-state index contributed by atoms with van der Waals surface area (Å²) in [4.78, 5) is 4.25. The van der Waals surface area contributed by atoms with Gasteiger partial charge in [-0.15, -0.1) is 0 Å². The minimum absolute atomic E-state index is 0.114. The van der Waals surface area contributed by atoms with Crippen LogP contribution in [0.5, 0.6) is 0 Å². The van der Waals surface area contributed by atoms with Crippen molar-refractivity contribution in [3.8, 4) is 0 Å². The molecule has 1 unspecified atom stereocenters. The van der Waals surface area contributed by atoms with E-state index in [9.17, 15) is 0 Å². The molecular formula is C13H25N3. The average molecular weight is 223 g/mol. The van der Waals surface area contributed by atoms with Crippen LogP contribution in [0.4, 0.5) is 0 Å². The molecule has 0 radical (unpaired) electrons. The predicted octanol–water partition coefficient (Wildman–Crippen LogP) is 3.29. The molecule has 0 saturated heterocycles. The standard InChI is InChI=1S/C13H25N3/c1-5-11(6-2)16-9-15-8-13(16)12(14)7-10(3)4/h8-12H,5-7,14H2,1-4H3. The molecule has 1 rings (SSSR count). The lowest BCUT2D eigenvalue weighted by atomic mass is 10.0. The first-order chi connectivity index (χ1) is 7.60. The van der Waals surface area contributed by atoms with E-state index in [1.54, 1.807) is 0 Å². The van der Waals surface area contributed by atoms with Crippen LogP contribution in [0.15, 0.2) is 12.5 Å². The fraction of sp³-hybridized carbons (Fsp3) is 0.769. The lowest BCUT2D eigenvalue weighted by Crippen LogP contribution is -2.19. The fourth-order valence-electron chi connectivity index (χ4n) is 2.22. The Morgan fingerprint density at radius 2 is 1.94 bits per heavy atom. The van der Waals surface area contributed by atoms with E-state index in [0.29, 0.717) is 12.0 Å². The highest BCUT2D eigenvalue weighted by atomic mass is 15.1. The summed E-state index contributed by atoms with van der Waals surface area (Å²) in [5, 5.41) is 0. The molecule has 0 aliphatic rings. The van der Waals surface area contributed by atoms with E-state index in [-0.39, 0.29) is 6.04 Å². The monoisotopic (exact) mass is 223 g/mol. The topological polar surface area (TPSA) is 43.8 Å². The van der Waals surface area contributed by atoms with Gasteiger partial charge in [-0.2, -0.15) is 0 Å². The lowest BCUT2D eigenvalue weighted by Gasteiger charge is -2.22. The Hall–Kier alpha value is -0.830. The minimum Gasteiger partial charge on any atom is -0.330 e. The fourth-order valence-corrected chi connectivity index (χ4v) is 2.22. The molecule has 0 amide bonds. The zero-order valence-corrected chi connectivity index (χ0v) is 11.0. The van der Waals surface area contributed by atoms with E-state index < -0.39 is 0 Å². The van der Waals surface area contributed by atoms with E-state index in [4.69, 9.17) is 5.73 Å². The minimum atomic E-state index is 0.114. The molecule has 16 heavy (non-hydrogen) atoms. The van der Waals surface area contributed by atoms with Gasteiger partial charge < -0.3 is 10.3 Å². The summed E-state index contributed by atoms with van der Waals surface area (Å²) in [5.41, 5.74) is 7.41. The van der Waals surface area contributed by atoms with Crippen LogP contribution in [0.1, 0.15) is 64.7 Å². The van der Waals surface area contributed by atoms with Gasteiger partial charge in [-0.25, -0.2) is 4.98 Å². The second-order valence-electron chi connectivity index (χ2n) is 4.93. The van der Waals surface area contributed by atoms with E-state index >= 15 is 0 Å². The number of imidazole rings is 1. The Kier molecular flexibility index (Phi) is 5.00. The van der Waals surface area contributed by atoms with Gasteiger partial charge in [0.2, 0.25) is 0 Å². The highest BCUT2D eigenvalue weighted by Gasteiger charge is 2.16. The van der Waals surface area contributed by atoms with Crippen molar-refractivity contribution in [2.75, 3.05) is 0 Å². The van der Waals surface area contributed by atoms with Gasteiger partial charge in [-0.1, -0.05) is 27.7 Å². The molecule has 0 spiro atoms. The molecule has 1 heterocycles. The number of hydrogen-bond acceptors (Lipinski definition) is 2. The van der Waals surface area contributed by atoms with Crippen LogP contribution in [0.3, 0.4) is 0 Å². The summed E-state index contributed by atoms with van der Waals surface area (Å²) in [5.74, 6) is 0.625. The quantitative estimate of drug-likeness (QED) is 0.804. The van der Waals surface area contributed by atoms with Crippen molar-refractivity contribution in [1.29, 1.82) is 0 Å². The first-order valence-electron chi connectivity index (χ1n) is 6.37. The second kappa shape index (κ2) is 6.04.